The molecule has 0 saturated carbocycles. The lowest BCUT2D eigenvalue weighted by Crippen LogP contribution is -2.27. The Morgan fingerprint density at radius 3 is 2.56 bits per heavy atom. The number of halogens is 3. The SMILES string of the molecule is CCn1nc(C)c(CN(C)C(=O)c2cc3nc(-c4cccs4)cc(C(F)(F)F)n3n2)c1C. The van der Waals surface area contributed by atoms with Gasteiger partial charge in [0.05, 0.1) is 16.3 Å². The van der Waals surface area contributed by atoms with Crippen molar-refractivity contribution in [1.29, 1.82) is 0 Å². The monoisotopic (exact) mass is 462 g/mol. The quantitative estimate of drug-likeness (QED) is 0.435. The number of carbonyl (C=O) groups is 1. The largest absolute Gasteiger partial charge is 0.433 e. The molecule has 32 heavy (non-hydrogen) atoms. The van der Waals surface area contributed by atoms with E-state index in [2.05, 4.69) is 15.2 Å². The van der Waals surface area contributed by atoms with Crippen molar-refractivity contribution < 1.29 is 18.0 Å². The van der Waals surface area contributed by atoms with E-state index < -0.39 is 17.8 Å². The van der Waals surface area contributed by atoms with Crippen molar-refractivity contribution >= 4 is 22.9 Å². The minimum absolute atomic E-state index is 0.0360. The van der Waals surface area contributed by atoms with Crippen molar-refractivity contribution in [2.75, 3.05) is 7.05 Å². The van der Waals surface area contributed by atoms with Gasteiger partial charge in [-0.3, -0.25) is 9.48 Å². The molecule has 0 aromatic carbocycles. The number of hydrogen-bond donors (Lipinski definition) is 0. The third-order valence-electron chi connectivity index (χ3n) is 5.28. The molecule has 0 saturated heterocycles. The number of alkyl halides is 3. The number of hydrogen-bond acceptors (Lipinski definition) is 5. The summed E-state index contributed by atoms with van der Waals surface area (Å²) in [6, 6.07) is 5.68. The molecule has 4 aromatic heterocycles. The number of aryl methyl sites for hydroxylation is 2. The van der Waals surface area contributed by atoms with Crippen molar-refractivity contribution in [3.8, 4) is 10.6 Å². The summed E-state index contributed by atoms with van der Waals surface area (Å²) in [5.74, 6) is -0.496. The molecule has 4 heterocycles. The van der Waals surface area contributed by atoms with Gasteiger partial charge in [-0.25, -0.2) is 9.50 Å². The van der Waals surface area contributed by atoms with Crippen LogP contribution in [0.25, 0.3) is 16.2 Å². The van der Waals surface area contributed by atoms with Gasteiger partial charge in [-0.15, -0.1) is 11.3 Å². The van der Waals surface area contributed by atoms with E-state index in [9.17, 15) is 18.0 Å². The highest BCUT2D eigenvalue weighted by Crippen LogP contribution is 2.33. The first-order valence-corrected chi connectivity index (χ1v) is 10.8. The number of thiophene rings is 1. The molecule has 0 unspecified atom stereocenters. The zero-order chi connectivity index (χ0) is 23.2. The second kappa shape index (κ2) is 8.05. The Kier molecular flexibility index (Phi) is 5.53. The van der Waals surface area contributed by atoms with E-state index in [0.29, 0.717) is 15.9 Å². The molecule has 0 atom stereocenters. The van der Waals surface area contributed by atoms with E-state index in [-0.39, 0.29) is 23.6 Å². The molecule has 168 valence electrons. The molecule has 0 aliphatic carbocycles. The molecule has 1 amide bonds. The van der Waals surface area contributed by atoms with Crippen molar-refractivity contribution in [3.05, 3.63) is 58.0 Å². The smallest absolute Gasteiger partial charge is 0.336 e. The second-order valence-corrected chi connectivity index (χ2v) is 8.38. The normalized spacial score (nSPS) is 12.0. The van der Waals surface area contributed by atoms with Gasteiger partial charge in [-0.1, -0.05) is 6.07 Å². The Balaban J connectivity index is 1.71. The van der Waals surface area contributed by atoms with Crippen LogP contribution in [0.4, 0.5) is 13.2 Å². The number of carbonyl (C=O) groups excluding carboxylic acids is 1. The first kappa shape index (κ1) is 22.0. The molecule has 7 nitrogen and oxygen atoms in total. The molecule has 11 heteroatoms. The van der Waals surface area contributed by atoms with Crippen molar-refractivity contribution in [2.24, 2.45) is 0 Å². The van der Waals surface area contributed by atoms with Gasteiger partial charge in [0.25, 0.3) is 5.91 Å². The maximum Gasteiger partial charge on any atom is 0.433 e. The van der Waals surface area contributed by atoms with E-state index in [1.165, 1.54) is 22.3 Å². The zero-order valence-electron chi connectivity index (χ0n) is 17.9. The Hall–Kier alpha value is -3.21. The fourth-order valence-electron chi connectivity index (χ4n) is 3.61. The molecule has 0 aliphatic heterocycles. The van der Waals surface area contributed by atoms with E-state index >= 15 is 0 Å². The zero-order valence-corrected chi connectivity index (χ0v) is 18.8. The molecule has 0 N–H and O–H groups in total. The molecule has 0 radical (unpaired) electrons. The molecule has 0 fully saturated rings. The van der Waals surface area contributed by atoms with Crippen LogP contribution in [0.3, 0.4) is 0 Å². The maximum absolute atomic E-state index is 13.7. The molecular weight excluding hydrogens is 441 g/mol. The third-order valence-corrected chi connectivity index (χ3v) is 6.18. The molecule has 0 spiro atoms. The van der Waals surface area contributed by atoms with Crippen molar-refractivity contribution in [1.82, 2.24) is 29.3 Å². The fraction of sp³-hybridized carbons (Fsp3) is 0.333. The lowest BCUT2D eigenvalue weighted by molar-refractivity contribution is -0.142. The van der Waals surface area contributed by atoms with E-state index in [1.807, 2.05) is 25.5 Å². The summed E-state index contributed by atoms with van der Waals surface area (Å²) < 4.78 is 43.7. The number of nitrogens with zero attached hydrogens (tertiary/aromatic N) is 6. The number of amides is 1. The molecule has 0 aliphatic rings. The van der Waals surface area contributed by atoms with Crippen LogP contribution in [-0.4, -0.2) is 42.2 Å². The third kappa shape index (κ3) is 3.88. The predicted molar refractivity (Wildman–Crippen MR) is 114 cm³/mol. The topological polar surface area (TPSA) is 68.3 Å². The Labute approximate surface area is 186 Å². The van der Waals surface area contributed by atoms with Crippen LogP contribution in [0.15, 0.2) is 29.6 Å². The van der Waals surface area contributed by atoms with Gasteiger partial charge in [-0.05, 0) is 38.3 Å². The highest BCUT2D eigenvalue weighted by Gasteiger charge is 2.36. The van der Waals surface area contributed by atoms with Crippen LogP contribution in [0.1, 0.15) is 40.1 Å². The molecular formula is C21H21F3N6OS. The van der Waals surface area contributed by atoms with Crippen LogP contribution in [-0.2, 0) is 19.3 Å². The highest BCUT2D eigenvalue weighted by molar-refractivity contribution is 7.13. The van der Waals surface area contributed by atoms with Gasteiger partial charge in [0, 0.05) is 37.5 Å². The number of aromatic nitrogens is 5. The van der Waals surface area contributed by atoms with Crippen molar-refractivity contribution in [2.45, 2.75) is 40.0 Å². The average molecular weight is 463 g/mol. The molecule has 0 bridgehead atoms. The van der Waals surface area contributed by atoms with Crippen LogP contribution >= 0.6 is 11.3 Å². The summed E-state index contributed by atoms with van der Waals surface area (Å²) in [6.45, 7) is 6.74. The van der Waals surface area contributed by atoms with Gasteiger partial charge < -0.3 is 4.90 Å². The van der Waals surface area contributed by atoms with Gasteiger partial charge >= 0.3 is 6.18 Å². The fourth-order valence-corrected chi connectivity index (χ4v) is 4.29. The predicted octanol–water partition coefficient (Wildman–Crippen LogP) is 4.58. The van der Waals surface area contributed by atoms with Gasteiger partial charge in [-0.2, -0.15) is 23.4 Å². The Morgan fingerprint density at radius 1 is 1.22 bits per heavy atom. The minimum Gasteiger partial charge on any atom is -0.336 e. The summed E-state index contributed by atoms with van der Waals surface area (Å²) in [5, 5.41) is 10.2. The summed E-state index contributed by atoms with van der Waals surface area (Å²) >= 11 is 1.29. The molecule has 4 aromatic rings. The van der Waals surface area contributed by atoms with E-state index in [1.54, 1.807) is 24.6 Å². The van der Waals surface area contributed by atoms with Crippen molar-refractivity contribution in [3.63, 3.8) is 0 Å². The van der Waals surface area contributed by atoms with E-state index in [4.69, 9.17) is 0 Å². The Morgan fingerprint density at radius 2 is 1.97 bits per heavy atom. The summed E-state index contributed by atoms with van der Waals surface area (Å²) in [7, 11) is 1.59. The van der Waals surface area contributed by atoms with Crippen LogP contribution in [0.2, 0.25) is 0 Å². The minimum atomic E-state index is -4.66. The molecule has 4 rings (SSSR count). The highest BCUT2D eigenvalue weighted by atomic mass is 32.1. The average Bonchev–Trinajstić information content (AvgIpc) is 3.47. The maximum atomic E-state index is 13.7. The van der Waals surface area contributed by atoms with Gasteiger partial charge in [0.15, 0.2) is 17.0 Å². The van der Waals surface area contributed by atoms with Gasteiger partial charge in [0.2, 0.25) is 0 Å². The lowest BCUT2D eigenvalue weighted by Gasteiger charge is -2.16. The van der Waals surface area contributed by atoms with E-state index in [0.717, 1.165) is 23.0 Å². The van der Waals surface area contributed by atoms with Crippen LogP contribution < -0.4 is 0 Å². The number of rotatable bonds is 5. The van der Waals surface area contributed by atoms with Crippen LogP contribution in [0, 0.1) is 13.8 Å². The standard InChI is InChI=1S/C21H21F3N6OS/c1-5-29-13(3)14(12(2)26-29)11-28(4)20(31)16-10-19-25-15(17-7-6-8-32-17)9-18(21(22,23)24)30(19)27-16/h6-10H,5,11H2,1-4H3. The first-order valence-electron chi connectivity index (χ1n) is 9.90. The summed E-state index contributed by atoms with van der Waals surface area (Å²) in [6.07, 6.45) is -4.66. The number of fused-ring (bicyclic) bond motifs is 1. The Bertz CT molecular complexity index is 1290. The lowest BCUT2D eigenvalue weighted by atomic mass is 10.2. The summed E-state index contributed by atoms with van der Waals surface area (Å²) in [5.41, 5.74) is 1.72. The second-order valence-electron chi connectivity index (χ2n) is 7.43. The summed E-state index contributed by atoms with van der Waals surface area (Å²) in [4.78, 5) is 19.3. The van der Waals surface area contributed by atoms with Crippen LogP contribution in [0.5, 0.6) is 0 Å². The van der Waals surface area contributed by atoms with Gasteiger partial charge in [0.1, 0.15) is 0 Å². The first-order chi connectivity index (χ1) is 15.1.